The molecule has 0 aliphatic rings. The van der Waals surface area contributed by atoms with Gasteiger partial charge in [0.1, 0.15) is 0 Å². The number of imidazole rings is 1. The lowest BCUT2D eigenvalue weighted by atomic mass is 10.1. The van der Waals surface area contributed by atoms with Crippen LogP contribution < -0.4 is 0 Å². The Morgan fingerprint density at radius 1 is 1.47 bits per heavy atom. The number of nitrogens with zero attached hydrogens (tertiary/aromatic N) is 2. The van der Waals surface area contributed by atoms with Crippen LogP contribution in [0.2, 0.25) is 0 Å². The van der Waals surface area contributed by atoms with Crippen molar-refractivity contribution >= 4 is 17.0 Å². The van der Waals surface area contributed by atoms with E-state index in [0.29, 0.717) is 24.2 Å². The van der Waals surface area contributed by atoms with E-state index in [0.717, 1.165) is 0 Å². The van der Waals surface area contributed by atoms with Gasteiger partial charge in [0.25, 0.3) is 0 Å². The van der Waals surface area contributed by atoms with E-state index in [1.165, 1.54) is 0 Å². The number of benzene rings is 1. The van der Waals surface area contributed by atoms with Crippen LogP contribution in [0.15, 0.2) is 24.5 Å². The number of aromatic nitrogens is 2. The molecule has 1 aromatic heterocycles. The molecule has 0 saturated carbocycles. The second-order valence-electron chi connectivity index (χ2n) is 5.04. The average Bonchev–Trinajstić information content (AvgIpc) is 2.71. The van der Waals surface area contributed by atoms with Crippen LogP contribution in [0, 0.1) is 0 Å². The molecule has 0 unspecified atom stereocenters. The smallest absolute Gasteiger partial charge is 0.337 e. The summed E-state index contributed by atoms with van der Waals surface area (Å²) in [5.41, 5.74) is 1.23. The molecule has 0 amide bonds. The number of para-hydroxylation sites is 1. The van der Waals surface area contributed by atoms with Gasteiger partial charge in [-0.1, -0.05) is 6.07 Å². The normalized spacial score (nSPS) is 11.9. The zero-order chi connectivity index (χ0) is 14.0. The molecule has 19 heavy (non-hydrogen) atoms. The molecular weight excluding hydrogens is 244 g/mol. The van der Waals surface area contributed by atoms with Crippen LogP contribution in [0.3, 0.4) is 0 Å². The Hall–Kier alpha value is -1.88. The highest BCUT2D eigenvalue weighted by molar-refractivity contribution is 6.01. The van der Waals surface area contributed by atoms with E-state index in [2.05, 4.69) is 4.98 Å². The minimum atomic E-state index is -0.943. The van der Waals surface area contributed by atoms with Gasteiger partial charge in [-0.05, 0) is 32.9 Å². The number of fused-ring (bicyclic) bond motifs is 1. The van der Waals surface area contributed by atoms with E-state index in [1.54, 1.807) is 18.5 Å². The fraction of sp³-hybridized carbons (Fsp3) is 0.429. The van der Waals surface area contributed by atoms with Crippen molar-refractivity contribution in [2.24, 2.45) is 0 Å². The molecule has 1 aromatic carbocycles. The summed E-state index contributed by atoms with van der Waals surface area (Å²) in [4.78, 5) is 15.5. The predicted octanol–water partition coefficient (Wildman–Crippen LogP) is 2.55. The predicted molar refractivity (Wildman–Crippen MR) is 72.4 cm³/mol. The third kappa shape index (κ3) is 2.76. The first-order chi connectivity index (χ1) is 8.94. The minimum Gasteiger partial charge on any atom is -0.478 e. The minimum absolute atomic E-state index is 0.266. The topological polar surface area (TPSA) is 64.4 Å². The number of ether oxygens (including phenoxy) is 1. The fourth-order valence-electron chi connectivity index (χ4n) is 2.27. The zero-order valence-electron chi connectivity index (χ0n) is 11.4. The highest BCUT2D eigenvalue weighted by atomic mass is 16.5. The number of hydrogen-bond donors (Lipinski definition) is 1. The van der Waals surface area contributed by atoms with E-state index >= 15 is 0 Å². The van der Waals surface area contributed by atoms with Gasteiger partial charge < -0.3 is 14.4 Å². The van der Waals surface area contributed by atoms with Crippen LogP contribution in [0.1, 0.15) is 31.1 Å². The number of hydrogen-bond acceptors (Lipinski definition) is 3. The molecule has 0 aliphatic carbocycles. The molecule has 2 aromatic rings. The van der Waals surface area contributed by atoms with Crippen molar-refractivity contribution in [1.29, 1.82) is 0 Å². The lowest BCUT2D eigenvalue weighted by molar-refractivity contribution is -0.0217. The molecule has 1 heterocycles. The highest BCUT2D eigenvalue weighted by Crippen LogP contribution is 2.21. The summed E-state index contributed by atoms with van der Waals surface area (Å²) >= 11 is 0. The van der Waals surface area contributed by atoms with E-state index in [4.69, 9.17) is 4.74 Å². The lowest BCUT2D eigenvalue weighted by Crippen LogP contribution is -2.30. The van der Waals surface area contributed by atoms with Crippen molar-refractivity contribution < 1.29 is 14.6 Å². The maximum atomic E-state index is 11.3. The second kappa shape index (κ2) is 5.01. The Kier molecular flexibility index (Phi) is 3.57. The quantitative estimate of drug-likeness (QED) is 0.899. The van der Waals surface area contributed by atoms with Gasteiger partial charge in [-0.25, -0.2) is 9.78 Å². The van der Waals surface area contributed by atoms with Crippen LogP contribution in [0.5, 0.6) is 0 Å². The molecule has 2 rings (SSSR count). The lowest BCUT2D eigenvalue weighted by Gasteiger charge is -2.25. The van der Waals surface area contributed by atoms with Gasteiger partial charge >= 0.3 is 5.97 Å². The molecular formula is C14H18N2O3. The summed E-state index contributed by atoms with van der Waals surface area (Å²) in [6.07, 6.45) is 1.66. The molecule has 0 bridgehead atoms. The van der Waals surface area contributed by atoms with Crippen LogP contribution in [-0.4, -0.2) is 32.8 Å². The zero-order valence-corrected chi connectivity index (χ0v) is 11.4. The maximum Gasteiger partial charge on any atom is 0.337 e. The van der Waals surface area contributed by atoms with Crippen LogP contribution in [-0.2, 0) is 11.3 Å². The third-order valence-electron chi connectivity index (χ3n) is 2.95. The van der Waals surface area contributed by atoms with Gasteiger partial charge in [-0.2, -0.15) is 0 Å². The van der Waals surface area contributed by atoms with Crippen LogP contribution >= 0.6 is 0 Å². The molecule has 5 nitrogen and oxygen atoms in total. The number of carbonyl (C=O) groups is 1. The molecule has 0 aliphatic heterocycles. The standard InChI is InChI=1S/C14H18N2O3/c1-4-19-14(2,3)8-16-9-15-11-7-5-6-10(12(11)16)13(17)18/h5-7,9H,4,8H2,1-3H3,(H,17,18). The SMILES string of the molecule is CCOC(C)(C)Cn1cnc2cccc(C(=O)O)c21. The number of carboxylic acids is 1. The Bertz CT molecular complexity index is 602. The van der Waals surface area contributed by atoms with Gasteiger partial charge in [0.05, 0.1) is 35.1 Å². The Labute approximate surface area is 111 Å². The Morgan fingerprint density at radius 3 is 2.84 bits per heavy atom. The maximum absolute atomic E-state index is 11.3. The molecule has 0 saturated heterocycles. The van der Waals surface area contributed by atoms with Gasteiger partial charge in [-0.3, -0.25) is 0 Å². The van der Waals surface area contributed by atoms with Crippen molar-refractivity contribution in [1.82, 2.24) is 9.55 Å². The number of carboxylic acid groups (broad SMARTS) is 1. The Morgan fingerprint density at radius 2 is 2.21 bits per heavy atom. The Balaban J connectivity index is 2.47. The highest BCUT2D eigenvalue weighted by Gasteiger charge is 2.21. The molecule has 0 fully saturated rings. The van der Waals surface area contributed by atoms with Crippen molar-refractivity contribution in [3.8, 4) is 0 Å². The first kappa shape index (κ1) is 13.5. The van der Waals surface area contributed by atoms with Crippen molar-refractivity contribution in [2.45, 2.75) is 32.9 Å². The van der Waals surface area contributed by atoms with Crippen LogP contribution in [0.25, 0.3) is 11.0 Å². The molecule has 0 atom stereocenters. The molecule has 5 heteroatoms. The van der Waals surface area contributed by atoms with Gasteiger partial charge in [-0.15, -0.1) is 0 Å². The summed E-state index contributed by atoms with van der Waals surface area (Å²) in [6.45, 7) is 7.07. The summed E-state index contributed by atoms with van der Waals surface area (Å²) in [5.74, 6) is -0.943. The third-order valence-corrected chi connectivity index (χ3v) is 2.95. The second-order valence-corrected chi connectivity index (χ2v) is 5.04. The monoisotopic (exact) mass is 262 g/mol. The average molecular weight is 262 g/mol. The summed E-state index contributed by atoms with van der Waals surface area (Å²) in [7, 11) is 0. The van der Waals surface area contributed by atoms with E-state index < -0.39 is 5.97 Å². The van der Waals surface area contributed by atoms with Crippen LogP contribution in [0.4, 0.5) is 0 Å². The first-order valence-electron chi connectivity index (χ1n) is 6.26. The number of aromatic carboxylic acids is 1. The van der Waals surface area contributed by atoms with Crippen molar-refractivity contribution in [3.63, 3.8) is 0 Å². The summed E-state index contributed by atoms with van der Waals surface area (Å²) in [6, 6.07) is 5.11. The van der Waals surface area contributed by atoms with Gasteiger partial charge in [0, 0.05) is 6.61 Å². The summed E-state index contributed by atoms with van der Waals surface area (Å²) in [5, 5.41) is 9.25. The largest absolute Gasteiger partial charge is 0.478 e. The first-order valence-corrected chi connectivity index (χ1v) is 6.26. The van der Waals surface area contributed by atoms with E-state index in [9.17, 15) is 9.90 Å². The molecule has 102 valence electrons. The van der Waals surface area contributed by atoms with Crippen molar-refractivity contribution in [3.05, 3.63) is 30.1 Å². The van der Waals surface area contributed by atoms with E-state index in [-0.39, 0.29) is 11.2 Å². The molecule has 1 N–H and O–H groups in total. The van der Waals surface area contributed by atoms with Gasteiger partial charge in [0.2, 0.25) is 0 Å². The molecule has 0 radical (unpaired) electrons. The number of rotatable bonds is 5. The van der Waals surface area contributed by atoms with Crippen molar-refractivity contribution in [2.75, 3.05) is 6.61 Å². The molecule has 0 spiro atoms. The van der Waals surface area contributed by atoms with E-state index in [1.807, 2.05) is 31.4 Å². The van der Waals surface area contributed by atoms with Gasteiger partial charge in [0.15, 0.2) is 0 Å². The summed E-state index contributed by atoms with van der Waals surface area (Å²) < 4.78 is 7.50. The fourth-order valence-corrected chi connectivity index (χ4v) is 2.27.